The molecule has 19 heavy (non-hydrogen) atoms. The Bertz CT molecular complexity index is 455. The molecular weight excluding hydrogens is 278 g/mol. The number of aryl methyl sites for hydroxylation is 1. The number of hydrogen-bond acceptors (Lipinski definition) is 3. The fraction of sp³-hybridized carbons (Fsp3) is 0.500. The van der Waals surface area contributed by atoms with E-state index in [2.05, 4.69) is 10.3 Å². The van der Waals surface area contributed by atoms with E-state index in [0.29, 0.717) is 12.1 Å². The molecule has 1 aromatic rings. The largest absolute Gasteiger partial charge is 0.390 e. The van der Waals surface area contributed by atoms with Crippen molar-refractivity contribution in [2.45, 2.75) is 25.7 Å². The number of nitrogens with one attached hydrogen (secondary N) is 1. The number of aromatic nitrogens is 1. The monoisotopic (exact) mass is 292 g/mol. The molecule has 0 bridgehead atoms. The number of hydrogen-bond donors (Lipinski definition) is 2. The van der Waals surface area contributed by atoms with E-state index >= 15 is 0 Å². The van der Waals surface area contributed by atoms with Gasteiger partial charge in [-0.25, -0.2) is 13.8 Å². The summed E-state index contributed by atoms with van der Waals surface area (Å²) in [5, 5.41) is 10.6. The van der Waals surface area contributed by atoms with E-state index in [4.69, 9.17) is 16.7 Å². The van der Waals surface area contributed by atoms with Gasteiger partial charge in [0.05, 0.1) is 6.54 Å². The van der Waals surface area contributed by atoms with E-state index in [1.54, 1.807) is 0 Å². The van der Waals surface area contributed by atoms with Crippen molar-refractivity contribution in [1.29, 1.82) is 0 Å². The second-order valence-electron chi connectivity index (χ2n) is 4.12. The summed E-state index contributed by atoms with van der Waals surface area (Å²) in [6.45, 7) is -0.291. The first-order chi connectivity index (χ1) is 8.88. The van der Waals surface area contributed by atoms with Crippen molar-refractivity contribution < 1.29 is 18.7 Å². The van der Waals surface area contributed by atoms with Gasteiger partial charge in [-0.2, -0.15) is 0 Å². The second kappa shape index (κ2) is 6.77. The number of carbonyl (C=O) groups excluding carboxylic acids is 1. The van der Waals surface area contributed by atoms with Crippen molar-refractivity contribution >= 4 is 17.5 Å². The first-order valence-electron chi connectivity index (χ1n) is 5.81. The predicted octanol–water partition coefficient (Wildman–Crippen LogP) is 2.04. The molecule has 0 saturated heterocycles. The Balaban J connectivity index is 2.76. The molecule has 0 saturated carbocycles. The van der Waals surface area contributed by atoms with Gasteiger partial charge in [-0.15, -0.1) is 0 Å². The standard InChI is InChI=1S/C12H15ClF2N2O2/c1-2-3-9-4-8(5-10(13)17-9)11(19)16-6-12(14,15)7-18/h4-5,18H,2-3,6-7H2,1H3,(H,16,19). The molecule has 0 fully saturated rings. The highest BCUT2D eigenvalue weighted by atomic mass is 35.5. The lowest BCUT2D eigenvalue weighted by molar-refractivity contribution is -0.0462. The summed E-state index contributed by atoms with van der Waals surface area (Å²) in [4.78, 5) is 15.7. The number of aliphatic hydroxyl groups is 1. The maximum atomic E-state index is 12.8. The second-order valence-corrected chi connectivity index (χ2v) is 4.50. The molecule has 7 heteroatoms. The summed E-state index contributed by atoms with van der Waals surface area (Å²) in [7, 11) is 0. The minimum atomic E-state index is -3.33. The summed E-state index contributed by atoms with van der Waals surface area (Å²) in [6.07, 6.45) is 1.48. The molecule has 1 heterocycles. The maximum absolute atomic E-state index is 12.8. The van der Waals surface area contributed by atoms with Crippen LogP contribution >= 0.6 is 11.6 Å². The van der Waals surface area contributed by atoms with Crippen LogP contribution in [0.4, 0.5) is 8.78 Å². The summed E-state index contributed by atoms with van der Waals surface area (Å²) in [5.41, 5.74) is 0.811. The third-order valence-electron chi connectivity index (χ3n) is 2.35. The highest BCUT2D eigenvalue weighted by molar-refractivity contribution is 6.29. The van der Waals surface area contributed by atoms with Crippen molar-refractivity contribution in [3.8, 4) is 0 Å². The molecular formula is C12H15ClF2N2O2. The molecule has 0 spiro atoms. The van der Waals surface area contributed by atoms with Gasteiger partial charge in [0.25, 0.3) is 11.8 Å². The van der Waals surface area contributed by atoms with Gasteiger partial charge in [-0.3, -0.25) is 4.79 Å². The SMILES string of the molecule is CCCc1cc(C(=O)NCC(F)(F)CO)cc(Cl)n1. The van der Waals surface area contributed by atoms with Gasteiger partial charge in [0.2, 0.25) is 0 Å². The van der Waals surface area contributed by atoms with Crippen LogP contribution < -0.4 is 5.32 Å². The number of nitrogens with zero attached hydrogens (tertiary/aromatic N) is 1. The van der Waals surface area contributed by atoms with Crippen LogP contribution in [0.15, 0.2) is 12.1 Å². The Morgan fingerprint density at radius 3 is 2.79 bits per heavy atom. The Morgan fingerprint density at radius 2 is 2.21 bits per heavy atom. The van der Waals surface area contributed by atoms with Gasteiger partial charge in [0, 0.05) is 11.3 Å². The van der Waals surface area contributed by atoms with Crippen molar-refractivity contribution in [3.05, 3.63) is 28.5 Å². The van der Waals surface area contributed by atoms with Crippen LogP contribution in [-0.4, -0.2) is 35.1 Å². The number of aliphatic hydroxyl groups excluding tert-OH is 1. The Morgan fingerprint density at radius 1 is 1.53 bits per heavy atom. The zero-order valence-electron chi connectivity index (χ0n) is 10.4. The molecule has 0 aliphatic heterocycles. The first kappa shape index (κ1) is 15.8. The normalized spacial score (nSPS) is 11.4. The maximum Gasteiger partial charge on any atom is 0.287 e. The van der Waals surface area contributed by atoms with Crippen LogP contribution in [0.2, 0.25) is 5.15 Å². The van der Waals surface area contributed by atoms with E-state index in [9.17, 15) is 13.6 Å². The topological polar surface area (TPSA) is 62.2 Å². The molecule has 0 radical (unpaired) electrons. The van der Waals surface area contributed by atoms with Gasteiger partial charge in [0.1, 0.15) is 11.8 Å². The number of halogens is 3. The van der Waals surface area contributed by atoms with Gasteiger partial charge < -0.3 is 10.4 Å². The Kier molecular flexibility index (Phi) is 5.62. The fourth-order valence-corrected chi connectivity index (χ4v) is 1.66. The van der Waals surface area contributed by atoms with Gasteiger partial charge in [0.15, 0.2) is 0 Å². The molecule has 4 nitrogen and oxygen atoms in total. The lowest BCUT2D eigenvalue weighted by atomic mass is 10.1. The van der Waals surface area contributed by atoms with E-state index < -0.39 is 25.0 Å². The molecule has 106 valence electrons. The third kappa shape index (κ3) is 5.08. The third-order valence-corrected chi connectivity index (χ3v) is 2.55. The molecule has 1 aromatic heterocycles. The van der Waals surface area contributed by atoms with E-state index in [-0.39, 0.29) is 10.7 Å². The average Bonchev–Trinajstić information content (AvgIpc) is 2.36. The Labute approximate surface area is 114 Å². The lowest BCUT2D eigenvalue weighted by Crippen LogP contribution is -2.39. The van der Waals surface area contributed by atoms with Crippen molar-refractivity contribution in [3.63, 3.8) is 0 Å². The summed E-state index contributed by atoms with van der Waals surface area (Å²) >= 11 is 5.77. The number of carbonyl (C=O) groups is 1. The number of alkyl halides is 2. The smallest absolute Gasteiger partial charge is 0.287 e. The highest BCUT2D eigenvalue weighted by Gasteiger charge is 2.28. The lowest BCUT2D eigenvalue weighted by Gasteiger charge is -2.14. The molecule has 0 unspecified atom stereocenters. The highest BCUT2D eigenvalue weighted by Crippen LogP contribution is 2.14. The van der Waals surface area contributed by atoms with E-state index in [0.717, 1.165) is 6.42 Å². The average molecular weight is 293 g/mol. The molecule has 2 N–H and O–H groups in total. The van der Waals surface area contributed by atoms with Gasteiger partial charge in [-0.05, 0) is 18.6 Å². The Hall–Kier alpha value is -1.27. The predicted molar refractivity (Wildman–Crippen MR) is 67.6 cm³/mol. The van der Waals surface area contributed by atoms with E-state index in [1.807, 2.05) is 6.92 Å². The summed E-state index contributed by atoms with van der Waals surface area (Å²) in [5.74, 6) is -4.01. The zero-order chi connectivity index (χ0) is 14.5. The van der Waals surface area contributed by atoms with Crippen molar-refractivity contribution in [2.75, 3.05) is 13.2 Å². The summed E-state index contributed by atoms with van der Waals surface area (Å²) in [6, 6.07) is 2.83. The van der Waals surface area contributed by atoms with Crippen LogP contribution in [0.3, 0.4) is 0 Å². The molecule has 0 aromatic carbocycles. The van der Waals surface area contributed by atoms with Crippen LogP contribution in [0.5, 0.6) is 0 Å². The van der Waals surface area contributed by atoms with Crippen molar-refractivity contribution in [2.24, 2.45) is 0 Å². The molecule has 1 amide bonds. The first-order valence-corrected chi connectivity index (χ1v) is 6.19. The number of pyridine rings is 1. The number of amides is 1. The summed E-state index contributed by atoms with van der Waals surface area (Å²) < 4.78 is 25.6. The van der Waals surface area contributed by atoms with Crippen LogP contribution in [0, 0.1) is 0 Å². The van der Waals surface area contributed by atoms with Gasteiger partial charge in [-0.1, -0.05) is 24.9 Å². The minimum absolute atomic E-state index is 0.144. The van der Waals surface area contributed by atoms with Crippen LogP contribution in [0.1, 0.15) is 29.4 Å². The van der Waals surface area contributed by atoms with Crippen LogP contribution in [0.25, 0.3) is 0 Å². The molecule has 0 aliphatic rings. The fourth-order valence-electron chi connectivity index (χ4n) is 1.43. The molecule has 0 atom stereocenters. The zero-order valence-corrected chi connectivity index (χ0v) is 11.2. The molecule has 1 rings (SSSR count). The van der Waals surface area contributed by atoms with E-state index in [1.165, 1.54) is 12.1 Å². The van der Waals surface area contributed by atoms with Gasteiger partial charge >= 0.3 is 0 Å². The van der Waals surface area contributed by atoms with Crippen LogP contribution in [-0.2, 0) is 6.42 Å². The quantitative estimate of drug-likeness (QED) is 0.789. The minimum Gasteiger partial charge on any atom is -0.390 e. The molecule has 0 aliphatic carbocycles. The van der Waals surface area contributed by atoms with Crippen molar-refractivity contribution in [1.82, 2.24) is 10.3 Å². The number of rotatable bonds is 6.